The van der Waals surface area contributed by atoms with Crippen molar-refractivity contribution in [3.05, 3.63) is 94.5 Å². The monoisotopic (exact) mass is 378 g/mol. The van der Waals surface area contributed by atoms with Crippen molar-refractivity contribution < 1.29 is 9.47 Å². The summed E-state index contributed by atoms with van der Waals surface area (Å²) in [5, 5.41) is 9.19. The second-order valence-corrected chi connectivity index (χ2v) is 6.07. The highest BCUT2D eigenvalue weighted by Crippen LogP contribution is 2.35. The Labute approximate surface area is 163 Å². The van der Waals surface area contributed by atoms with Crippen molar-refractivity contribution in [3.63, 3.8) is 0 Å². The summed E-state index contributed by atoms with van der Waals surface area (Å²) in [6.45, 7) is 0. The van der Waals surface area contributed by atoms with Crippen LogP contribution in [-0.2, 0) is 0 Å². The quantitative estimate of drug-likeness (QED) is 0.435. The zero-order chi connectivity index (χ0) is 19.1. The van der Waals surface area contributed by atoms with E-state index in [-0.39, 0.29) is 0 Å². The minimum atomic E-state index is 0.452. The Kier molecular flexibility index (Phi) is 6.23. The number of hydrogen-bond acceptors (Lipinski definition) is 4. The van der Waals surface area contributed by atoms with Crippen LogP contribution in [0.4, 0.5) is 0 Å². The molecule has 0 bridgehead atoms. The lowest BCUT2D eigenvalue weighted by Crippen LogP contribution is -2.02. The van der Waals surface area contributed by atoms with Crippen molar-refractivity contribution >= 4 is 23.5 Å². The Balaban J connectivity index is 1.97. The fraction of sp³-hybridized carbons (Fsp3) is 0.0909. The highest BCUT2D eigenvalue weighted by Gasteiger charge is 2.10. The third-order valence-corrected chi connectivity index (χ3v) is 4.20. The van der Waals surface area contributed by atoms with Crippen LogP contribution in [0.3, 0.4) is 0 Å². The second kappa shape index (κ2) is 9.01. The van der Waals surface area contributed by atoms with Crippen LogP contribution in [0.1, 0.15) is 16.7 Å². The zero-order valence-corrected chi connectivity index (χ0v) is 15.9. The van der Waals surface area contributed by atoms with E-state index in [0.717, 1.165) is 22.4 Å². The maximum absolute atomic E-state index is 6.24. The normalized spacial score (nSPS) is 10.6. The first-order valence-corrected chi connectivity index (χ1v) is 8.74. The minimum absolute atomic E-state index is 0.452. The topological polar surface area (TPSA) is 43.2 Å². The van der Waals surface area contributed by atoms with Gasteiger partial charge in [0, 0.05) is 16.7 Å². The van der Waals surface area contributed by atoms with Crippen molar-refractivity contribution in [2.75, 3.05) is 14.2 Å². The maximum Gasteiger partial charge on any atom is 0.179 e. The van der Waals surface area contributed by atoms with Crippen LogP contribution in [-0.4, -0.2) is 26.1 Å². The van der Waals surface area contributed by atoms with Gasteiger partial charge >= 0.3 is 0 Å². The predicted octanol–water partition coefficient (Wildman–Crippen LogP) is 5.23. The standard InChI is InChI=1S/C22H19ClN2O2/c1-26-20-14-16(13-19(23)22(20)27-2)15-24-25-21(17-9-5-3-6-10-17)18-11-7-4-8-12-18/h3-15H,1-2H3/b24-15-. The van der Waals surface area contributed by atoms with Crippen molar-refractivity contribution in [2.45, 2.75) is 0 Å². The zero-order valence-electron chi connectivity index (χ0n) is 15.1. The van der Waals surface area contributed by atoms with E-state index in [9.17, 15) is 0 Å². The number of halogens is 1. The van der Waals surface area contributed by atoms with Gasteiger partial charge in [-0.3, -0.25) is 0 Å². The molecule has 0 unspecified atom stereocenters. The molecule has 27 heavy (non-hydrogen) atoms. The van der Waals surface area contributed by atoms with E-state index in [1.807, 2.05) is 60.7 Å². The van der Waals surface area contributed by atoms with Gasteiger partial charge in [0.05, 0.1) is 25.5 Å². The molecule has 0 aliphatic carbocycles. The van der Waals surface area contributed by atoms with Gasteiger partial charge in [-0.2, -0.15) is 5.10 Å². The SMILES string of the molecule is COc1cc(/C=N\N=C(c2ccccc2)c2ccccc2)cc(Cl)c1OC. The Bertz CT molecular complexity index is 913. The summed E-state index contributed by atoms with van der Waals surface area (Å²) in [6, 6.07) is 23.4. The third kappa shape index (κ3) is 4.54. The van der Waals surface area contributed by atoms with Crippen LogP contribution in [0.5, 0.6) is 11.5 Å². The molecule has 0 amide bonds. The van der Waals surface area contributed by atoms with Crippen LogP contribution in [0.25, 0.3) is 0 Å². The van der Waals surface area contributed by atoms with E-state index < -0.39 is 0 Å². The van der Waals surface area contributed by atoms with Crippen molar-refractivity contribution in [1.82, 2.24) is 0 Å². The number of rotatable bonds is 6. The summed E-state index contributed by atoms with van der Waals surface area (Å²) >= 11 is 6.24. The van der Waals surface area contributed by atoms with Gasteiger partial charge in [0.1, 0.15) is 5.71 Å². The van der Waals surface area contributed by atoms with Crippen LogP contribution in [0, 0.1) is 0 Å². The molecule has 0 spiro atoms. The molecule has 0 radical (unpaired) electrons. The van der Waals surface area contributed by atoms with Gasteiger partial charge in [0.2, 0.25) is 0 Å². The molecule has 0 aliphatic heterocycles. The number of methoxy groups -OCH3 is 2. The highest BCUT2D eigenvalue weighted by atomic mass is 35.5. The van der Waals surface area contributed by atoms with Crippen LogP contribution in [0.15, 0.2) is 83.0 Å². The first-order chi connectivity index (χ1) is 13.2. The molecule has 3 rings (SSSR count). The van der Waals surface area contributed by atoms with E-state index in [1.54, 1.807) is 32.6 Å². The summed E-state index contributed by atoms with van der Waals surface area (Å²) < 4.78 is 10.6. The number of benzene rings is 3. The summed E-state index contributed by atoms with van der Waals surface area (Å²) in [4.78, 5) is 0. The summed E-state index contributed by atoms with van der Waals surface area (Å²) in [5.41, 5.74) is 3.54. The largest absolute Gasteiger partial charge is 0.493 e. The molecular weight excluding hydrogens is 360 g/mol. The first kappa shape index (κ1) is 18.7. The van der Waals surface area contributed by atoms with Gasteiger partial charge in [-0.15, -0.1) is 5.10 Å². The lowest BCUT2D eigenvalue weighted by molar-refractivity contribution is 0.355. The predicted molar refractivity (Wildman–Crippen MR) is 111 cm³/mol. The summed E-state index contributed by atoms with van der Waals surface area (Å²) in [7, 11) is 3.12. The van der Waals surface area contributed by atoms with Crippen LogP contribution >= 0.6 is 11.6 Å². The summed E-state index contributed by atoms with van der Waals surface area (Å²) in [5.74, 6) is 1.04. The molecule has 0 aromatic heterocycles. The van der Waals surface area contributed by atoms with Gasteiger partial charge in [-0.05, 0) is 12.1 Å². The first-order valence-electron chi connectivity index (χ1n) is 8.36. The second-order valence-electron chi connectivity index (χ2n) is 5.66. The van der Waals surface area contributed by atoms with E-state index in [2.05, 4.69) is 10.2 Å². The fourth-order valence-corrected chi connectivity index (χ4v) is 2.94. The van der Waals surface area contributed by atoms with E-state index >= 15 is 0 Å². The van der Waals surface area contributed by atoms with Crippen LogP contribution < -0.4 is 9.47 Å². The molecule has 0 fully saturated rings. The number of hydrogen-bond donors (Lipinski definition) is 0. The smallest absolute Gasteiger partial charge is 0.179 e. The lowest BCUT2D eigenvalue weighted by atomic mass is 10.0. The fourth-order valence-electron chi connectivity index (χ4n) is 2.64. The molecule has 0 saturated carbocycles. The van der Waals surface area contributed by atoms with Crippen molar-refractivity contribution in [1.29, 1.82) is 0 Å². The Morgan fingerprint density at radius 3 is 1.96 bits per heavy atom. The summed E-state index contributed by atoms with van der Waals surface area (Å²) in [6.07, 6.45) is 1.64. The maximum atomic E-state index is 6.24. The van der Waals surface area contributed by atoms with Gasteiger partial charge in [0.25, 0.3) is 0 Å². The van der Waals surface area contributed by atoms with E-state index in [1.165, 1.54) is 0 Å². The molecule has 3 aromatic carbocycles. The molecule has 0 aliphatic rings. The molecular formula is C22H19ClN2O2. The average molecular weight is 379 g/mol. The lowest BCUT2D eigenvalue weighted by Gasteiger charge is -2.09. The third-order valence-electron chi connectivity index (χ3n) is 3.91. The Hall–Kier alpha value is -3.11. The van der Waals surface area contributed by atoms with E-state index in [4.69, 9.17) is 21.1 Å². The molecule has 0 heterocycles. The average Bonchev–Trinajstić information content (AvgIpc) is 2.72. The van der Waals surface area contributed by atoms with Gasteiger partial charge in [-0.1, -0.05) is 72.3 Å². The molecule has 136 valence electrons. The highest BCUT2D eigenvalue weighted by molar-refractivity contribution is 6.32. The molecule has 5 heteroatoms. The van der Waals surface area contributed by atoms with Gasteiger partial charge in [-0.25, -0.2) is 0 Å². The van der Waals surface area contributed by atoms with Gasteiger partial charge < -0.3 is 9.47 Å². The molecule has 0 N–H and O–H groups in total. The Morgan fingerprint density at radius 1 is 0.852 bits per heavy atom. The molecule has 0 atom stereocenters. The molecule has 0 saturated heterocycles. The number of nitrogens with zero attached hydrogens (tertiary/aromatic N) is 2. The molecule has 4 nitrogen and oxygen atoms in total. The van der Waals surface area contributed by atoms with Crippen LogP contribution in [0.2, 0.25) is 5.02 Å². The Morgan fingerprint density at radius 2 is 1.44 bits per heavy atom. The number of ether oxygens (including phenoxy) is 2. The van der Waals surface area contributed by atoms with E-state index in [0.29, 0.717) is 16.5 Å². The van der Waals surface area contributed by atoms with Gasteiger partial charge in [0.15, 0.2) is 11.5 Å². The molecule has 3 aromatic rings. The van der Waals surface area contributed by atoms with Crippen molar-refractivity contribution in [3.8, 4) is 11.5 Å². The van der Waals surface area contributed by atoms with Crippen molar-refractivity contribution in [2.24, 2.45) is 10.2 Å². The minimum Gasteiger partial charge on any atom is -0.493 e.